The molecule has 1 heterocycles. The Kier molecular flexibility index (Phi) is 5.17. The van der Waals surface area contributed by atoms with Crippen LogP contribution in [0.2, 0.25) is 0 Å². The molecule has 1 aliphatic rings. The third-order valence-corrected chi connectivity index (χ3v) is 4.64. The van der Waals surface area contributed by atoms with Gasteiger partial charge in [0.25, 0.3) is 10.0 Å². The summed E-state index contributed by atoms with van der Waals surface area (Å²) < 4.78 is 32.7. The van der Waals surface area contributed by atoms with Crippen LogP contribution in [0.25, 0.3) is 0 Å². The smallest absolute Gasteiger partial charge is 0.259 e. The van der Waals surface area contributed by atoms with E-state index >= 15 is 0 Å². The second kappa shape index (κ2) is 6.80. The first-order chi connectivity index (χ1) is 11.1. The van der Waals surface area contributed by atoms with Crippen molar-refractivity contribution in [3.05, 3.63) is 29.3 Å². The van der Waals surface area contributed by atoms with Gasteiger partial charge in [-0.15, -0.1) is 4.40 Å². The van der Waals surface area contributed by atoms with E-state index in [0.717, 1.165) is 6.42 Å². The summed E-state index contributed by atoms with van der Waals surface area (Å²) in [4.78, 5) is 11.8. The van der Waals surface area contributed by atoms with Gasteiger partial charge in [0.1, 0.15) is 18.2 Å². The summed E-state index contributed by atoms with van der Waals surface area (Å²) in [5, 5.41) is 2.91. The number of hydrogen-bond donors (Lipinski definition) is 2. The Labute approximate surface area is 142 Å². The Morgan fingerprint density at radius 2 is 2.12 bits per heavy atom. The third-order valence-electron chi connectivity index (χ3n) is 3.49. The van der Waals surface area contributed by atoms with Crippen LogP contribution in [0.4, 0.5) is 0 Å². The molecule has 0 spiro atoms. The summed E-state index contributed by atoms with van der Waals surface area (Å²) in [5.41, 5.74) is 6.30. The monoisotopic (exact) mass is 353 g/mol. The van der Waals surface area contributed by atoms with Crippen molar-refractivity contribution in [1.82, 2.24) is 5.32 Å². The van der Waals surface area contributed by atoms with E-state index in [1.54, 1.807) is 18.2 Å². The van der Waals surface area contributed by atoms with E-state index in [-0.39, 0.29) is 24.1 Å². The fourth-order valence-corrected chi connectivity index (χ4v) is 3.58. The molecule has 0 bridgehead atoms. The van der Waals surface area contributed by atoms with Crippen LogP contribution in [-0.4, -0.2) is 32.3 Å². The van der Waals surface area contributed by atoms with E-state index < -0.39 is 15.6 Å². The molecule has 7 nitrogen and oxygen atoms in total. The number of hydrogen-bond acceptors (Lipinski definition) is 5. The number of rotatable bonds is 6. The van der Waals surface area contributed by atoms with Gasteiger partial charge in [-0.1, -0.05) is 19.1 Å². The molecule has 0 saturated heterocycles. The van der Waals surface area contributed by atoms with Crippen LogP contribution in [0.15, 0.2) is 22.6 Å². The first-order valence-corrected chi connectivity index (χ1v) is 9.38. The first kappa shape index (κ1) is 18.3. The molecular weight excluding hydrogens is 330 g/mol. The summed E-state index contributed by atoms with van der Waals surface area (Å²) in [6.45, 7) is 5.88. The van der Waals surface area contributed by atoms with Crippen LogP contribution in [0, 0.1) is 0 Å². The lowest BCUT2D eigenvalue weighted by molar-refractivity contribution is -0.123. The molecule has 8 heteroatoms. The lowest BCUT2D eigenvalue weighted by Gasteiger charge is -2.27. The average molecular weight is 353 g/mol. The van der Waals surface area contributed by atoms with Crippen molar-refractivity contribution in [2.75, 3.05) is 6.61 Å². The van der Waals surface area contributed by atoms with Crippen molar-refractivity contribution in [1.29, 1.82) is 0 Å². The molecule has 132 valence electrons. The first-order valence-electron chi connectivity index (χ1n) is 7.78. The van der Waals surface area contributed by atoms with E-state index in [2.05, 4.69) is 9.71 Å². The number of nitrogens with two attached hydrogens (primary N) is 1. The van der Waals surface area contributed by atoms with E-state index in [4.69, 9.17) is 10.5 Å². The van der Waals surface area contributed by atoms with E-state index in [1.165, 1.54) is 0 Å². The molecule has 0 aromatic heterocycles. The second-order valence-corrected chi connectivity index (χ2v) is 8.10. The number of nitrogens with zero attached hydrogens (tertiary/aromatic N) is 1. The molecule has 1 amide bonds. The lowest BCUT2D eigenvalue weighted by Crippen LogP contribution is -2.47. The highest BCUT2D eigenvalue weighted by atomic mass is 32.2. The zero-order valence-corrected chi connectivity index (χ0v) is 14.9. The average Bonchev–Trinajstić information content (AvgIpc) is 2.43. The van der Waals surface area contributed by atoms with E-state index in [1.807, 2.05) is 20.8 Å². The summed E-state index contributed by atoms with van der Waals surface area (Å²) in [6.07, 6.45) is 1.23. The van der Waals surface area contributed by atoms with E-state index in [9.17, 15) is 13.2 Å². The molecule has 3 N–H and O–H groups in total. The molecule has 0 fully saturated rings. The Hall–Kier alpha value is -2.09. The molecule has 0 unspecified atom stereocenters. The summed E-state index contributed by atoms with van der Waals surface area (Å²) in [7, 11) is -3.58. The molecule has 0 radical (unpaired) electrons. The van der Waals surface area contributed by atoms with Gasteiger partial charge in [-0.25, -0.2) is 8.42 Å². The number of fused-ring (bicyclic) bond motifs is 1. The molecule has 1 aliphatic heterocycles. The summed E-state index contributed by atoms with van der Waals surface area (Å²) in [5.74, 6) is 0.158. The molecule has 0 atom stereocenters. The maximum atomic E-state index is 11.8. The largest absolute Gasteiger partial charge is 0.490 e. The maximum Gasteiger partial charge on any atom is 0.259 e. The van der Waals surface area contributed by atoms with Gasteiger partial charge >= 0.3 is 0 Å². The van der Waals surface area contributed by atoms with Gasteiger partial charge in [0.15, 0.2) is 0 Å². The van der Waals surface area contributed by atoms with Crippen LogP contribution in [0.5, 0.6) is 5.75 Å². The number of amides is 1. The molecule has 2 rings (SSSR count). The molecule has 24 heavy (non-hydrogen) atoms. The van der Waals surface area contributed by atoms with Crippen LogP contribution in [0.1, 0.15) is 44.7 Å². The van der Waals surface area contributed by atoms with E-state index in [0.29, 0.717) is 23.3 Å². The van der Waals surface area contributed by atoms with Crippen molar-refractivity contribution in [2.24, 2.45) is 10.1 Å². The summed E-state index contributed by atoms with van der Waals surface area (Å²) >= 11 is 0. The van der Waals surface area contributed by atoms with Gasteiger partial charge in [0.2, 0.25) is 5.91 Å². The van der Waals surface area contributed by atoms with Gasteiger partial charge in [-0.3, -0.25) is 4.79 Å². The molecule has 1 aromatic carbocycles. The quantitative estimate of drug-likeness (QED) is 0.801. The normalized spacial score (nSPS) is 16.0. The standard InChI is InChI=1S/C16H23N3O4S/c1-4-6-13(20)18-16(2,3)10-23-12-8-5-7-11-9-24(21,22)19-15(17)14(11)12/h5,7-8H,4,6,9-10H2,1-3H3,(H2,17,19)(H,18,20). The number of nitrogens with one attached hydrogen (secondary N) is 1. The Morgan fingerprint density at radius 3 is 2.79 bits per heavy atom. The number of benzene rings is 1. The number of carbonyl (C=O) groups excluding carboxylic acids is 1. The zero-order chi connectivity index (χ0) is 18.0. The number of amidine groups is 1. The van der Waals surface area contributed by atoms with Crippen molar-refractivity contribution in [2.45, 2.75) is 44.9 Å². The lowest BCUT2D eigenvalue weighted by atomic mass is 10.0. The number of carbonyl (C=O) groups is 1. The van der Waals surface area contributed by atoms with Gasteiger partial charge in [0.05, 0.1) is 16.9 Å². The van der Waals surface area contributed by atoms with Crippen LogP contribution < -0.4 is 15.8 Å². The molecule has 0 saturated carbocycles. The topological polar surface area (TPSA) is 111 Å². The van der Waals surface area contributed by atoms with Crippen molar-refractivity contribution in [3.8, 4) is 5.75 Å². The van der Waals surface area contributed by atoms with Gasteiger partial charge < -0.3 is 15.8 Å². The number of ether oxygens (including phenoxy) is 1. The molecular formula is C16H23N3O4S. The van der Waals surface area contributed by atoms with Crippen molar-refractivity contribution in [3.63, 3.8) is 0 Å². The van der Waals surface area contributed by atoms with Gasteiger partial charge in [0, 0.05) is 6.42 Å². The molecule has 1 aromatic rings. The number of sulfonamides is 1. The highest BCUT2D eigenvalue weighted by Gasteiger charge is 2.27. The minimum Gasteiger partial charge on any atom is -0.490 e. The maximum absolute atomic E-state index is 11.8. The SMILES string of the molecule is CCCC(=O)NC(C)(C)COc1cccc2c1C(N)=NS(=O)(=O)C2. The fourth-order valence-electron chi connectivity index (χ4n) is 2.49. The van der Waals surface area contributed by atoms with Crippen LogP contribution >= 0.6 is 0 Å². The Balaban J connectivity index is 2.16. The van der Waals surface area contributed by atoms with Crippen LogP contribution in [-0.2, 0) is 20.6 Å². The third kappa shape index (κ3) is 4.47. The highest BCUT2D eigenvalue weighted by Crippen LogP contribution is 2.28. The predicted molar refractivity (Wildman–Crippen MR) is 92.4 cm³/mol. The fraction of sp³-hybridized carbons (Fsp3) is 0.500. The predicted octanol–water partition coefficient (Wildman–Crippen LogP) is 1.31. The Morgan fingerprint density at radius 1 is 1.42 bits per heavy atom. The van der Waals surface area contributed by atoms with Crippen molar-refractivity contribution >= 4 is 21.8 Å². The Bertz CT molecular complexity index is 770. The summed E-state index contributed by atoms with van der Waals surface area (Å²) in [6, 6.07) is 5.11. The molecule has 0 aliphatic carbocycles. The van der Waals surface area contributed by atoms with Crippen LogP contribution in [0.3, 0.4) is 0 Å². The zero-order valence-electron chi connectivity index (χ0n) is 14.1. The van der Waals surface area contributed by atoms with Crippen molar-refractivity contribution < 1.29 is 17.9 Å². The van der Waals surface area contributed by atoms with Gasteiger partial charge in [-0.05, 0) is 31.9 Å². The minimum absolute atomic E-state index is 0.0339. The minimum atomic E-state index is -3.58. The van der Waals surface area contributed by atoms with Gasteiger partial charge in [-0.2, -0.15) is 0 Å². The highest BCUT2D eigenvalue weighted by molar-refractivity contribution is 7.89. The second-order valence-electron chi connectivity index (χ2n) is 6.46.